The minimum Gasteiger partial charge on any atom is -0.269 e. The Bertz CT molecular complexity index is 511. The van der Waals surface area contributed by atoms with Crippen molar-refractivity contribution < 1.29 is 21.0 Å². The molecular weight excluding hydrogens is 278 g/mol. The van der Waals surface area contributed by atoms with Gasteiger partial charge in [0, 0.05) is 12.6 Å². The Labute approximate surface area is 109 Å². The largest absolute Gasteiger partial charge is 0.269 e. The Morgan fingerprint density at radius 1 is 1.17 bits per heavy atom. The lowest BCUT2D eigenvalue weighted by Gasteiger charge is -2.34. The lowest BCUT2D eigenvalue weighted by Crippen LogP contribution is -2.49. The Balaban J connectivity index is 2.92. The van der Waals surface area contributed by atoms with Gasteiger partial charge in [0.25, 0.3) is 10.1 Å². The van der Waals surface area contributed by atoms with Crippen LogP contribution in [0.5, 0.6) is 0 Å². The van der Waals surface area contributed by atoms with E-state index in [0.29, 0.717) is 12.8 Å². The van der Waals surface area contributed by atoms with Crippen LogP contribution >= 0.6 is 0 Å². The Kier molecular flexibility index (Phi) is 3.91. The molecule has 1 aliphatic carbocycles. The fourth-order valence-corrected chi connectivity index (χ4v) is 4.12. The minimum atomic E-state index is -3.62. The molecule has 0 saturated heterocycles. The molecule has 0 aromatic heterocycles. The van der Waals surface area contributed by atoms with Crippen molar-refractivity contribution in [2.45, 2.75) is 43.9 Å². The Hall–Kier alpha value is -0.180. The highest BCUT2D eigenvalue weighted by atomic mass is 32.2. The summed E-state index contributed by atoms with van der Waals surface area (Å²) in [6, 6.07) is 0. The monoisotopic (exact) mass is 299 g/mol. The predicted octanol–water partition coefficient (Wildman–Crippen LogP) is 0.555. The van der Waals surface area contributed by atoms with Gasteiger partial charge in [0.15, 0.2) is 0 Å². The number of hydrogen-bond acceptors (Lipinski definition) is 5. The van der Waals surface area contributed by atoms with Crippen molar-refractivity contribution in [1.29, 1.82) is 0 Å². The maximum absolute atomic E-state index is 12.4. The summed E-state index contributed by atoms with van der Waals surface area (Å²) in [5, 5.41) is 0. The highest BCUT2D eigenvalue weighted by Gasteiger charge is 2.58. The molecular formula is C10H21NO5S2. The first kappa shape index (κ1) is 15.9. The van der Waals surface area contributed by atoms with E-state index >= 15 is 0 Å². The van der Waals surface area contributed by atoms with Crippen LogP contribution in [0.25, 0.3) is 0 Å². The van der Waals surface area contributed by atoms with Crippen LogP contribution < -0.4 is 0 Å². The number of rotatable bonds is 5. The second-order valence-electron chi connectivity index (χ2n) is 5.79. The minimum absolute atomic E-state index is 0.297. The molecule has 0 heterocycles. The molecule has 0 aromatic carbocycles. The van der Waals surface area contributed by atoms with E-state index in [9.17, 15) is 16.8 Å². The van der Waals surface area contributed by atoms with Crippen LogP contribution in [0.3, 0.4) is 0 Å². The van der Waals surface area contributed by atoms with E-state index in [1.54, 1.807) is 20.8 Å². The quantitative estimate of drug-likeness (QED) is 0.693. The first-order valence-corrected chi connectivity index (χ1v) is 8.90. The standard InChI is InChI=1S/C10H21NO5S2/c1-9(2,3)11(4)18(14,15)10(6-7-10)8-16-17(5,12)13/h6-8H2,1-5H3. The molecule has 1 aliphatic rings. The summed E-state index contributed by atoms with van der Waals surface area (Å²) in [6.07, 6.45) is 1.79. The molecule has 8 heteroatoms. The van der Waals surface area contributed by atoms with Gasteiger partial charge in [-0.1, -0.05) is 0 Å². The van der Waals surface area contributed by atoms with E-state index in [-0.39, 0.29) is 6.61 Å². The number of sulfonamides is 1. The number of nitrogens with zero attached hydrogens (tertiary/aromatic N) is 1. The molecule has 108 valence electrons. The van der Waals surface area contributed by atoms with Gasteiger partial charge in [-0.2, -0.15) is 12.7 Å². The summed E-state index contributed by atoms with van der Waals surface area (Å²) >= 11 is 0. The molecule has 1 fully saturated rings. The van der Waals surface area contributed by atoms with Crippen molar-refractivity contribution in [2.24, 2.45) is 0 Å². The molecule has 0 atom stereocenters. The van der Waals surface area contributed by atoms with Gasteiger partial charge in [-0.25, -0.2) is 8.42 Å². The third-order valence-corrected chi connectivity index (χ3v) is 6.63. The highest BCUT2D eigenvalue weighted by Crippen LogP contribution is 2.46. The molecule has 6 nitrogen and oxygen atoms in total. The molecule has 0 amide bonds. The van der Waals surface area contributed by atoms with Crippen LogP contribution in [0.1, 0.15) is 33.6 Å². The highest BCUT2D eigenvalue weighted by molar-refractivity contribution is 7.91. The first-order valence-electron chi connectivity index (χ1n) is 5.65. The van der Waals surface area contributed by atoms with Gasteiger partial charge in [-0.15, -0.1) is 0 Å². The zero-order valence-corrected chi connectivity index (χ0v) is 13.1. The van der Waals surface area contributed by atoms with Crippen LogP contribution in [0.4, 0.5) is 0 Å². The van der Waals surface area contributed by atoms with Crippen LogP contribution in [-0.2, 0) is 24.3 Å². The molecule has 0 spiro atoms. The molecule has 18 heavy (non-hydrogen) atoms. The van der Waals surface area contributed by atoms with Crippen LogP contribution in [0, 0.1) is 0 Å². The average Bonchev–Trinajstić information content (AvgIpc) is 2.92. The second-order valence-corrected chi connectivity index (χ2v) is 9.80. The lowest BCUT2D eigenvalue weighted by molar-refractivity contribution is 0.270. The summed E-state index contributed by atoms with van der Waals surface area (Å²) in [5.74, 6) is 0. The summed E-state index contributed by atoms with van der Waals surface area (Å²) < 4.78 is 51.7. The van der Waals surface area contributed by atoms with Gasteiger partial charge in [0.05, 0.1) is 12.9 Å². The maximum Gasteiger partial charge on any atom is 0.264 e. The molecule has 0 bridgehead atoms. The van der Waals surface area contributed by atoms with E-state index in [2.05, 4.69) is 4.18 Å². The van der Waals surface area contributed by atoms with Crippen molar-refractivity contribution in [3.05, 3.63) is 0 Å². The van der Waals surface area contributed by atoms with Gasteiger partial charge in [0.2, 0.25) is 10.0 Å². The van der Waals surface area contributed by atoms with Gasteiger partial charge in [-0.05, 0) is 33.6 Å². The van der Waals surface area contributed by atoms with Crippen LogP contribution in [0.2, 0.25) is 0 Å². The lowest BCUT2D eigenvalue weighted by atomic mass is 10.1. The summed E-state index contributed by atoms with van der Waals surface area (Å²) in [5.41, 5.74) is -0.542. The van der Waals surface area contributed by atoms with Crippen molar-refractivity contribution in [3.8, 4) is 0 Å². The molecule has 1 saturated carbocycles. The smallest absolute Gasteiger partial charge is 0.264 e. The zero-order valence-electron chi connectivity index (χ0n) is 11.4. The Morgan fingerprint density at radius 2 is 1.61 bits per heavy atom. The fraction of sp³-hybridized carbons (Fsp3) is 1.00. The fourth-order valence-electron chi connectivity index (χ4n) is 1.48. The second kappa shape index (κ2) is 4.43. The first-order chi connectivity index (χ1) is 7.82. The SMILES string of the molecule is CN(C(C)(C)C)S(=O)(=O)C1(COS(C)(=O)=O)CC1. The van der Waals surface area contributed by atoms with Crippen molar-refractivity contribution >= 4 is 20.1 Å². The van der Waals surface area contributed by atoms with Gasteiger partial charge >= 0.3 is 0 Å². The van der Waals surface area contributed by atoms with E-state index in [1.165, 1.54) is 11.4 Å². The van der Waals surface area contributed by atoms with Crippen molar-refractivity contribution in [3.63, 3.8) is 0 Å². The van der Waals surface area contributed by atoms with Gasteiger partial charge in [0.1, 0.15) is 4.75 Å². The maximum atomic E-state index is 12.4. The van der Waals surface area contributed by atoms with E-state index in [0.717, 1.165) is 6.26 Å². The molecule has 0 N–H and O–H groups in total. The summed E-state index contributed by atoms with van der Waals surface area (Å²) in [6.45, 7) is 5.07. The van der Waals surface area contributed by atoms with Crippen LogP contribution in [-0.4, -0.2) is 51.3 Å². The molecule has 0 unspecified atom stereocenters. The van der Waals surface area contributed by atoms with Crippen molar-refractivity contribution in [1.82, 2.24) is 4.31 Å². The molecule has 0 aromatic rings. The normalized spacial score (nSPS) is 20.1. The summed E-state index contributed by atoms with van der Waals surface area (Å²) in [7, 11) is -5.68. The Morgan fingerprint density at radius 3 is 1.89 bits per heavy atom. The zero-order chi connectivity index (χ0) is 14.4. The predicted molar refractivity (Wildman–Crippen MR) is 69.2 cm³/mol. The van der Waals surface area contributed by atoms with E-state index in [1.807, 2.05) is 0 Å². The van der Waals surface area contributed by atoms with Crippen molar-refractivity contribution in [2.75, 3.05) is 19.9 Å². The number of hydrogen-bond donors (Lipinski definition) is 0. The molecule has 0 aliphatic heterocycles. The summed E-state index contributed by atoms with van der Waals surface area (Å²) in [4.78, 5) is 0. The van der Waals surface area contributed by atoms with Gasteiger partial charge < -0.3 is 0 Å². The topological polar surface area (TPSA) is 80.8 Å². The van der Waals surface area contributed by atoms with Crippen LogP contribution in [0.15, 0.2) is 0 Å². The molecule has 0 radical (unpaired) electrons. The third-order valence-electron chi connectivity index (χ3n) is 3.20. The van der Waals surface area contributed by atoms with E-state index in [4.69, 9.17) is 0 Å². The average molecular weight is 299 g/mol. The third kappa shape index (κ3) is 3.23. The van der Waals surface area contributed by atoms with E-state index < -0.39 is 30.4 Å². The molecule has 1 rings (SSSR count). The van der Waals surface area contributed by atoms with Gasteiger partial charge in [-0.3, -0.25) is 4.18 Å².